The fourth-order valence-electron chi connectivity index (χ4n) is 2.34. The lowest BCUT2D eigenvalue weighted by atomic mass is 10.1. The summed E-state index contributed by atoms with van der Waals surface area (Å²) in [5.41, 5.74) is 6.54. The van der Waals surface area contributed by atoms with Crippen molar-refractivity contribution in [3.8, 4) is 11.5 Å². The monoisotopic (exact) mass is 281 g/mol. The van der Waals surface area contributed by atoms with Crippen LogP contribution in [0.4, 0.5) is 4.39 Å². The predicted molar refractivity (Wildman–Crippen MR) is 83.0 cm³/mol. The van der Waals surface area contributed by atoms with E-state index in [1.807, 2.05) is 49.4 Å². The number of benzene rings is 3. The van der Waals surface area contributed by atoms with Crippen molar-refractivity contribution in [2.24, 2.45) is 5.73 Å². The van der Waals surface area contributed by atoms with Gasteiger partial charge in [0, 0.05) is 11.6 Å². The molecule has 106 valence electrons. The fraction of sp³-hybridized carbons (Fsp3) is 0.111. The number of rotatable bonds is 3. The van der Waals surface area contributed by atoms with Crippen molar-refractivity contribution in [3.05, 3.63) is 72.0 Å². The molecule has 0 heterocycles. The first-order chi connectivity index (χ1) is 10.1. The molecular weight excluding hydrogens is 265 g/mol. The number of ether oxygens (including phenoxy) is 1. The zero-order valence-electron chi connectivity index (χ0n) is 11.7. The zero-order valence-corrected chi connectivity index (χ0v) is 11.7. The summed E-state index contributed by atoms with van der Waals surface area (Å²) in [5, 5.41) is 2.17. The summed E-state index contributed by atoms with van der Waals surface area (Å²) >= 11 is 0. The topological polar surface area (TPSA) is 35.2 Å². The Morgan fingerprint density at radius 2 is 1.71 bits per heavy atom. The standard InChI is InChI=1S/C18H16FNO/c1-12(20)16-7-4-8-17(19)18(16)21-15-10-9-13-5-2-3-6-14(13)11-15/h2-12H,20H2,1H3/t12-/m0/s1. The number of fused-ring (bicyclic) bond motifs is 1. The molecule has 0 amide bonds. The minimum Gasteiger partial charge on any atom is -0.454 e. The largest absolute Gasteiger partial charge is 0.454 e. The second-order valence-corrected chi connectivity index (χ2v) is 5.06. The smallest absolute Gasteiger partial charge is 0.167 e. The van der Waals surface area contributed by atoms with Crippen LogP contribution in [0.5, 0.6) is 11.5 Å². The van der Waals surface area contributed by atoms with Crippen LogP contribution in [-0.2, 0) is 0 Å². The molecule has 0 aliphatic heterocycles. The Balaban J connectivity index is 2.02. The van der Waals surface area contributed by atoms with Gasteiger partial charge in [0.1, 0.15) is 5.75 Å². The first-order valence-corrected chi connectivity index (χ1v) is 6.86. The highest BCUT2D eigenvalue weighted by atomic mass is 19.1. The highest BCUT2D eigenvalue weighted by molar-refractivity contribution is 5.83. The van der Waals surface area contributed by atoms with Crippen LogP contribution in [0.15, 0.2) is 60.7 Å². The van der Waals surface area contributed by atoms with Crippen molar-refractivity contribution >= 4 is 10.8 Å². The van der Waals surface area contributed by atoms with Gasteiger partial charge in [-0.05, 0) is 35.9 Å². The Morgan fingerprint density at radius 3 is 2.48 bits per heavy atom. The summed E-state index contributed by atoms with van der Waals surface area (Å²) in [6.07, 6.45) is 0. The van der Waals surface area contributed by atoms with Crippen LogP contribution in [0, 0.1) is 5.82 Å². The van der Waals surface area contributed by atoms with E-state index in [1.165, 1.54) is 6.07 Å². The van der Waals surface area contributed by atoms with Gasteiger partial charge in [-0.3, -0.25) is 0 Å². The quantitative estimate of drug-likeness (QED) is 0.749. The molecule has 0 spiro atoms. The number of nitrogens with two attached hydrogens (primary N) is 1. The molecule has 2 N–H and O–H groups in total. The highest BCUT2D eigenvalue weighted by Gasteiger charge is 2.14. The summed E-state index contributed by atoms with van der Waals surface area (Å²) in [7, 11) is 0. The van der Waals surface area contributed by atoms with Crippen LogP contribution in [0.2, 0.25) is 0 Å². The van der Waals surface area contributed by atoms with E-state index >= 15 is 0 Å². The van der Waals surface area contributed by atoms with E-state index < -0.39 is 5.82 Å². The van der Waals surface area contributed by atoms with Crippen LogP contribution in [-0.4, -0.2) is 0 Å². The van der Waals surface area contributed by atoms with Gasteiger partial charge >= 0.3 is 0 Å². The number of hydrogen-bond donors (Lipinski definition) is 1. The van der Waals surface area contributed by atoms with Crippen LogP contribution >= 0.6 is 0 Å². The van der Waals surface area contributed by atoms with Gasteiger partial charge in [0.05, 0.1) is 0 Å². The Morgan fingerprint density at radius 1 is 0.952 bits per heavy atom. The van der Waals surface area contributed by atoms with Crippen LogP contribution < -0.4 is 10.5 Å². The molecule has 2 nitrogen and oxygen atoms in total. The second-order valence-electron chi connectivity index (χ2n) is 5.06. The maximum Gasteiger partial charge on any atom is 0.167 e. The summed E-state index contributed by atoms with van der Waals surface area (Å²) < 4.78 is 19.8. The van der Waals surface area contributed by atoms with E-state index in [4.69, 9.17) is 10.5 Å². The van der Waals surface area contributed by atoms with E-state index in [0.717, 1.165) is 10.8 Å². The van der Waals surface area contributed by atoms with Gasteiger partial charge in [0.25, 0.3) is 0 Å². The van der Waals surface area contributed by atoms with Crippen molar-refractivity contribution < 1.29 is 9.13 Å². The highest BCUT2D eigenvalue weighted by Crippen LogP contribution is 2.32. The molecule has 0 radical (unpaired) electrons. The molecule has 21 heavy (non-hydrogen) atoms. The van der Waals surface area contributed by atoms with Crippen LogP contribution in [0.3, 0.4) is 0 Å². The Bertz CT molecular complexity index is 783. The second kappa shape index (κ2) is 5.54. The lowest BCUT2D eigenvalue weighted by molar-refractivity contribution is 0.433. The molecule has 3 aromatic carbocycles. The molecule has 0 aliphatic carbocycles. The SMILES string of the molecule is C[C@H](N)c1cccc(F)c1Oc1ccc2ccccc2c1. The van der Waals surface area contributed by atoms with E-state index in [0.29, 0.717) is 11.3 Å². The third kappa shape index (κ3) is 2.73. The molecule has 1 atom stereocenters. The van der Waals surface area contributed by atoms with Crippen LogP contribution in [0.1, 0.15) is 18.5 Å². The van der Waals surface area contributed by atoms with E-state index in [2.05, 4.69) is 0 Å². The predicted octanol–water partition coefficient (Wildman–Crippen LogP) is 4.79. The average Bonchev–Trinajstić information content (AvgIpc) is 2.49. The number of hydrogen-bond acceptors (Lipinski definition) is 2. The van der Waals surface area contributed by atoms with Crippen molar-refractivity contribution in [1.82, 2.24) is 0 Å². The molecule has 3 rings (SSSR count). The molecule has 0 unspecified atom stereocenters. The third-order valence-electron chi connectivity index (χ3n) is 3.43. The Labute approximate surface area is 123 Å². The molecule has 0 saturated carbocycles. The first kappa shape index (κ1) is 13.6. The van der Waals surface area contributed by atoms with Gasteiger partial charge in [-0.2, -0.15) is 0 Å². The maximum atomic E-state index is 14.0. The number of halogens is 1. The molecule has 0 aliphatic rings. The minimum absolute atomic E-state index is 0.197. The maximum absolute atomic E-state index is 14.0. The third-order valence-corrected chi connectivity index (χ3v) is 3.43. The van der Waals surface area contributed by atoms with Gasteiger partial charge in [0.2, 0.25) is 0 Å². The molecule has 0 bridgehead atoms. The summed E-state index contributed by atoms with van der Waals surface area (Å²) in [6.45, 7) is 1.81. The average molecular weight is 281 g/mol. The minimum atomic E-state index is -0.405. The van der Waals surface area contributed by atoms with E-state index in [-0.39, 0.29) is 11.8 Å². The van der Waals surface area contributed by atoms with E-state index in [1.54, 1.807) is 12.1 Å². The molecule has 0 saturated heterocycles. The first-order valence-electron chi connectivity index (χ1n) is 6.86. The molecular formula is C18H16FNO. The zero-order chi connectivity index (χ0) is 14.8. The van der Waals surface area contributed by atoms with Crippen molar-refractivity contribution in [2.75, 3.05) is 0 Å². The van der Waals surface area contributed by atoms with Crippen molar-refractivity contribution in [2.45, 2.75) is 13.0 Å². The lowest BCUT2D eigenvalue weighted by Gasteiger charge is -2.14. The molecule has 0 fully saturated rings. The van der Waals surface area contributed by atoms with Crippen molar-refractivity contribution in [1.29, 1.82) is 0 Å². The summed E-state index contributed by atoms with van der Waals surface area (Å²) in [4.78, 5) is 0. The molecule has 3 aromatic rings. The summed E-state index contributed by atoms with van der Waals surface area (Å²) in [6, 6.07) is 18.1. The molecule has 3 heteroatoms. The lowest BCUT2D eigenvalue weighted by Crippen LogP contribution is -2.07. The van der Waals surface area contributed by atoms with E-state index in [9.17, 15) is 4.39 Å². The van der Waals surface area contributed by atoms with Gasteiger partial charge in [-0.1, -0.05) is 42.5 Å². The van der Waals surface area contributed by atoms with Crippen LogP contribution in [0.25, 0.3) is 10.8 Å². The summed E-state index contributed by atoms with van der Waals surface area (Å²) in [5.74, 6) is 0.390. The Kier molecular flexibility index (Phi) is 3.59. The van der Waals surface area contributed by atoms with Gasteiger partial charge in [0.15, 0.2) is 11.6 Å². The Hall–Kier alpha value is -2.39. The van der Waals surface area contributed by atoms with Gasteiger partial charge < -0.3 is 10.5 Å². The van der Waals surface area contributed by atoms with Gasteiger partial charge in [-0.15, -0.1) is 0 Å². The number of para-hydroxylation sites is 1. The fourth-order valence-corrected chi connectivity index (χ4v) is 2.34. The normalized spacial score (nSPS) is 12.3. The van der Waals surface area contributed by atoms with Crippen molar-refractivity contribution in [3.63, 3.8) is 0 Å². The molecule has 0 aromatic heterocycles. The van der Waals surface area contributed by atoms with Gasteiger partial charge in [-0.25, -0.2) is 4.39 Å².